The van der Waals surface area contributed by atoms with Crippen LogP contribution in [0.2, 0.25) is 0 Å². The Bertz CT molecular complexity index is 467. The monoisotopic (exact) mass is 308 g/mol. The van der Waals surface area contributed by atoms with Gasteiger partial charge in [-0.2, -0.15) is 16.8 Å². The summed E-state index contributed by atoms with van der Waals surface area (Å²) in [5.41, 5.74) is 0. The molecule has 0 aromatic carbocycles. The minimum atomic E-state index is -4.84. The van der Waals surface area contributed by atoms with Gasteiger partial charge in [-0.3, -0.25) is 9.11 Å². The van der Waals surface area contributed by atoms with Gasteiger partial charge in [0.05, 0.1) is 19.3 Å². The lowest BCUT2D eigenvalue weighted by Gasteiger charge is -2.32. The number of aliphatic hydroxyl groups is 1. The second kappa shape index (κ2) is 5.75. The maximum absolute atomic E-state index is 10.6. The first-order valence-corrected chi connectivity index (χ1v) is 7.37. The van der Waals surface area contributed by atoms with E-state index in [0.717, 1.165) is 0 Å². The molecule has 0 saturated carbocycles. The number of aliphatic hydroxyl groups excluding tert-OH is 1. The van der Waals surface area contributed by atoms with Crippen LogP contribution in [0.1, 0.15) is 6.42 Å². The van der Waals surface area contributed by atoms with Crippen molar-refractivity contribution in [2.24, 2.45) is 0 Å². The molecular weight excluding hydrogens is 296 g/mol. The van der Waals surface area contributed by atoms with E-state index in [2.05, 4.69) is 8.37 Å². The van der Waals surface area contributed by atoms with Crippen LogP contribution in [-0.2, 0) is 33.9 Å². The van der Waals surface area contributed by atoms with E-state index in [9.17, 15) is 16.8 Å². The van der Waals surface area contributed by atoms with Gasteiger partial charge in [-0.1, -0.05) is 0 Å². The second-order valence-corrected chi connectivity index (χ2v) is 5.59. The largest absolute Gasteiger partial charge is 0.397 e. The van der Waals surface area contributed by atoms with Crippen LogP contribution >= 0.6 is 0 Å². The summed E-state index contributed by atoms with van der Waals surface area (Å²) in [6.45, 7) is -0.894. The number of ether oxygens (including phenoxy) is 1. The van der Waals surface area contributed by atoms with Gasteiger partial charge in [0.15, 0.2) is 0 Å². The van der Waals surface area contributed by atoms with Crippen molar-refractivity contribution in [1.82, 2.24) is 0 Å². The van der Waals surface area contributed by atoms with Gasteiger partial charge in [0, 0.05) is 6.42 Å². The highest BCUT2D eigenvalue weighted by Gasteiger charge is 2.38. The third kappa shape index (κ3) is 5.53. The van der Waals surface area contributed by atoms with Crippen LogP contribution in [0, 0.1) is 0 Å². The predicted octanol–water partition coefficient (Wildman–Crippen LogP) is -1.86. The molecule has 1 saturated heterocycles. The number of rotatable bonds is 5. The van der Waals surface area contributed by atoms with Crippen LogP contribution in [0.15, 0.2) is 0 Å². The van der Waals surface area contributed by atoms with Gasteiger partial charge < -0.3 is 9.84 Å². The first-order valence-electron chi connectivity index (χ1n) is 4.64. The van der Waals surface area contributed by atoms with Crippen molar-refractivity contribution in [2.75, 3.05) is 13.2 Å². The molecule has 108 valence electrons. The Labute approximate surface area is 103 Å². The van der Waals surface area contributed by atoms with E-state index in [1.807, 2.05) is 0 Å². The van der Waals surface area contributed by atoms with Crippen molar-refractivity contribution in [3.05, 3.63) is 0 Å². The van der Waals surface area contributed by atoms with Gasteiger partial charge in [-0.25, -0.2) is 8.37 Å². The molecular formula is C6H12O10S2. The Balaban J connectivity index is 2.80. The smallest absolute Gasteiger partial charge is 0.394 e. The molecule has 12 heteroatoms. The molecule has 1 aliphatic heterocycles. The molecule has 0 aromatic heterocycles. The Morgan fingerprint density at radius 2 is 1.56 bits per heavy atom. The van der Waals surface area contributed by atoms with Gasteiger partial charge in [-0.15, -0.1) is 0 Å². The standard InChI is InChI=1S/C6H12O10S2/c7-2-4-1-5(15-17(8,9)10)6(3-14-4)16-18(11,12)13/h4-7H,1-3H2,(H,8,9,10)(H,11,12,13)/t4-,5?,6?/m1/s1. The van der Waals surface area contributed by atoms with Crippen LogP contribution in [0.25, 0.3) is 0 Å². The van der Waals surface area contributed by atoms with Crippen molar-refractivity contribution in [3.8, 4) is 0 Å². The molecule has 1 rings (SSSR count). The van der Waals surface area contributed by atoms with Gasteiger partial charge in [0.2, 0.25) is 0 Å². The van der Waals surface area contributed by atoms with E-state index in [0.29, 0.717) is 0 Å². The summed E-state index contributed by atoms with van der Waals surface area (Å²) in [7, 11) is -9.67. The Hall–Kier alpha value is -0.340. The molecule has 3 atom stereocenters. The molecule has 0 aliphatic carbocycles. The normalized spacial score (nSPS) is 30.3. The summed E-state index contributed by atoms with van der Waals surface area (Å²) in [6, 6.07) is 0. The Morgan fingerprint density at radius 1 is 1.06 bits per heavy atom. The van der Waals surface area contributed by atoms with Crippen LogP contribution in [0.3, 0.4) is 0 Å². The maximum atomic E-state index is 10.6. The van der Waals surface area contributed by atoms with E-state index in [-0.39, 0.29) is 6.42 Å². The van der Waals surface area contributed by atoms with Crippen LogP contribution in [-0.4, -0.2) is 62.6 Å². The molecule has 0 spiro atoms. The predicted molar refractivity (Wildman–Crippen MR) is 54.3 cm³/mol. The van der Waals surface area contributed by atoms with E-state index >= 15 is 0 Å². The minimum absolute atomic E-state index is 0.240. The average Bonchev–Trinajstić information content (AvgIpc) is 2.16. The summed E-state index contributed by atoms with van der Waals surface area (Å²) in [6.07, 6.45) is -3.90. The molecule has 18 heavy (non-hydrogen) atoms. The lowest BCUT2D eigenvalue weighted by molar-refractivity contribution is -0.116. The van der Waals surface area contributed by atoms with Gasteiger partial charge in [0.1, 0.15) is 12.2 Å². The molecule has 1 fully saturated rings. The quantitative estimate of drug-likeness (QED) is 0.492. The lowest BCUT2D eigenvalue weighted by atomic mass is 10.0. The Morgan fingerprint density at radius 3 is 2.00 bits per heavy atom. The number of hydrogen-bond donors (Lipinski definition) is 3. The van der Waals surface area contributed by atoms with Crippen molar-refractivity contribution < 1.29 is 44.2 Å². The van der Waals surface area contributed by atoms with E-state index < -0.39 is 52.3 Å². The lowest BCUT2D eigenvalue weighted by Crippen LogP contribution is -2.47. The molecule has 0 bridgehead atoms. The molecule has 3 N–H and O–H groups in total. The van der Waals surface area contributed by atoms with Crippen LogP contribution < -0.4 is 0 Å². The fraction of sp³-hybridized carbons (Fsp3) is 1.00. The zero-order valence-electron chi connectivity index (χ0n) is 8.87. The highest BCUT2D eigenvalue weighted by molar-refractivity contribution is 7.81. The zero-order chi connectivity index (χ0) is 14.0. The molecule has 1 heterocycles. The van der Waals surface area contributed by atoms with Gasteiger partial charge in [-0.05, 0) is 0 Å². The summed E-state index contributed by atoms with van der Waals surface area (Å²) < 4.78 is 72.5. The number of hydrogen-bond acceptors (Lipinski definition) is 8. The average molecular weight is 308 g/mol. The van der Waals surface area contributed by atoms with E-state index in [4.69, 9.17) is 18.9 Å². The van der Waals surface area contributed by atoms with Gasteiger partial charge in [0.25, 0.3) is 0 Å². The highest BCUT2D eigenvalue weighted by Crippen LogP contribution is 2.22. The van der Waals surface area contributed by atoms with Crippen LogP contribution in [0.5, 0.6) is 0 Å². The zero-order valence-corrected chi connectivity index (χ0v) is 10.5. The molecule has 2 unspecified atom stereocenters. The Kier molecular flexibility index (Phi) is 5.02. The van der Waals surface area contributed by atoms with Gasteiger partial charge >= 0.3 is 20.8 Å². The van der Waals surface area contributed by atoms with E-state index in [1.165, 1.54) is 0 Å². The highest BCUT2D eigenvalue weighted by atomic mass is 32.3. The fourth-order valence-corrected chi connectivity index (χ4v) is 2.45. The molecule has 1 aliphatic rings. The van der Waals surface area contributed by atoms with Crippen molar-refractivity contribution in [2.45, 2.75) is 24.7 Å². The minimum Gasteiger partial charge on any atom is -0.394 e. The topological polar surface area (TPSA) is 157 Å². The van der Waals surface area contributed by atoms with Crippen LogP contribution in [0.4, 0.5) is 0 Å². The van der Waals surface area contributed by atoms with Crippen molar-refractivity contribution in [1.29, 1.82) is 0 Å². The first-order chi connectivity index (χ1) is 8.11. The molecule has 0 radical (unpaired) electrons. The SMILES string of the molecule is O=S(=O)(O)OC1CO[C@@H](CO)CC1OS(=O)(=O)O. The molecule has 10 nitrogen and oxygen atoms in total. The molecule has 0 aromatic rings. The molecule has 0 amide bonds. The fourth-order valence-electron chi connectivity index (χ4n) is 1.45. The summed E-state index contributed by atoms with van der Waals surface area (Å²) in [5, 5.41) is 8.83. The maximum Gasteiger partial charge on any atom is 0.397 e. The van der Waals surface area contributed by atoms with E-state index in [1.54, 1.807) is 0 Å². The summed E-state index contributed by atoms with van der Waals surface area (Å²) in [5.74, 6) is 0. The second-order valence-electron chi connectivity index (χ2n) is 3.50. The first kappa shape index (κ1) is 15.7. The third-order valence-corrected chi connectivity index (χ3v) is 3.08. The summed E-state index contributed by atoms with van der Waals surface area (Å²) >= 11 is 0. The third-order valence-electron chi connectivity index (χ3n) is 2.10. The van der Waals surface area contributed by atoms with Crippen molar-refractivity contribution in [3.63, 3.8) is 0 Å². The summed E-state index contributed by atoms with van der Waals surface area (Å²) in [4.78, 5) is 0. The van der Waals surface area contributed by atoms with Crippen molar-refractivity contribution >= 4 is 20.8 Å².